The SMILES string of the molecule is OCc1ccnc(NCc2cc(C(F)F)on2)n1. The molecule has 2 aromatic rings. The zero-order valence-electron chi connectivity index (χ0n) is 9.18. The van der Waals surface area contributed by atoms with Crippen molar-refractivity contribution in [1.29, 1.82) is 0 Å². The molecule has 96 valence electrons. The molecule has 0 spiro atoms. The zero-order valence-corrected chi connectivity index (χ0v) is 9.18. The van der Waals surface area contributed by atoms with E-state index in [0.29, 0.717) is 11.4 Å². The van der Waals surface area contributed by atoms with E-state index in [9.17, 15) is 8.78 Å². The summed E-state index contributed by atoms with van der Waals surface area (Å²) in [5, 5.41) is 15.1. The Morgan fingerprint density at radius 3 is 2.89 bits per heavy atom. The van der Waals surface area contributed by atoms with Gasteiger partial charge in [-0.05, 0) is 6.07 Å². The summed E-state index contributed by atoms with van der Waals surface area (Å²) < 4.78 is 28.9. The smallest absolute Gasteiger partial charge is 0.298 e. The second kappa shape index (κ2) is 5.50. The molecule has 0 aliphatic carbocycles. The summed E-state index contributed by atoms with van der Waals surface area (Å²) in [6.45, 7) is -0.0399. The molecule has 6 nitrogen and oxygen atoms in total. The van der Waals surface area contributed by atoms with Crippen LogP contribution in [0.1, 0.15) is 23.6 Å². The van der Waals surface area contributed by atoms with E-state index >= 15 is 0 Å². The van der Waals surface area contributed by atoms with E-state index in [1.54, 1.807) is 6.07 Å². The minimum atomic E-state index is -2.68. The molecule has 2 N–H and O–H groups in total. The average Bonchev–Trinajstić information content (AvgIpc) is 2.85. The van der Waals surface area contributed by atoms with Gasteiger partial charge in [0.25, 0.3) is 6.43 Å². The van der Waals surface area contributed by atoms with Crippen molar-refractivity contribution in [2.75, 3.05) is 5.32 Å². The predicted octanol–water partition coefficient (Wildman–Crippen LogP) is 1.51. The van der Waals surface area contributed by atoms with Gasteiger partial charge in [0.1, 0.15) is 5.69 Å². The van der Waals surface area contributed by atoms with Gasteiger partial charge in [0.15, 0.2) is 0 Å². The van der Waals surface area contributed by atoms with Crippen molar-refractivity contribution >= 4 is 5.95 Å². The van der Waals surface area contributed by atoms with Crippen LogP contribution in [0.2, 0.25) is 0 Å². The maximum absolute atomic E-state index is 12.2. The third-order valence-electron chi connectivity index (χ3n) is 2.10. The van der Waals surface area contributed by atoms with Crippen LogP contribution in [0.15, 0.2) is 22.9 Å². The quantitative estimate of drug-likeness (QED) is 0.843. The van der Waals surface area contributed by atoms with Gasteiger partial charge < -0.3 is 14.9 Å². The van der Waals surface area contributed by atoms with Gasteiger partial charge in [0.2, 0.25) is 11.7 Å². The Bertz CT molecular complexity index is 518. The van der Waals surface area contributed by atoms with Crippen molar-refractivity contribution in [3.63, 3.8) is 0 Å². The molecule has 0 fully saturated rings. The fraction of sp³-hybridized carbons (Fsp3) is 0.300. The van der Waals surface area contributed by atoms with Crippen LogP contribution in [0.5, 0.6) is 0 Å². The van der Waals surface area contributed by atoms with Gasteiger partial charge in [-0.1, -0.05) is 5.16 Å². The topological polar surface area (TPSA) is 84.1 Å². The second-order valence-corrected chi connectivity index (χ2v) is 3.40. The van der Waals surface area contributed by atoms with E-state index in [4.69, 9.17) is 5.11 Å². The number of halogens is 2. The zero-order chi connectivity index (χ0) is 13.0. The van der Waals surface area contributed by atoms with E-state index in [-0.39, 0.29) is 19.1 Å². The molecule has 0 aromatic carbocycles. The second-order valence-electron chi connectivity index (χ2n) is 3.40. The molecule has 0 radical (unpaired) electrons. The number of hydrogen-bond acceptors (Lipinski definition) is 6. The number of alkyl halides is 2. The summed E-state index contributed by atoms with van der Waals surface area (Å²) in [5.41, 5.74) is 0.782. The molecule has 0 amide bonds. The fourth-order valence-corrected chi connectivity index (χ4v) is 1.25. The Kier molecular flexibility index (Phi) is 3.78. The average molecular weight is 256 g/mol. The van der Waals surface area contributed by atoms with Crippen molar-refractivity contribution in [1.82, 2.24) is 15.1 Å². The lowest BCUT2D eigenvalue weighted by molar-refractivity contribution is 0.112. The molecular weight excluding hydrogens is 246 g/mol. The largest absolute Gasteiger partial charge is 0.390 e. The number of anilines is 1. The molecule has 0 atom stereocenters. The molecule has 0 aliphatic rings. The van der Waals surface area contributed by atoms with Gasteiger partial charge in [-0.2, -0.15) is 0 Å². The number of aliphatic hydroxyl groups excluding tert-OH is 1. The number of nitrogens with one attached hydrogen (secondary N) is 1. The number of nitrogens with zero attached hydrogens (tertiary/aromatic N) is 3. The van der Waals surface area contributed by atoms with Crippen LogP contribution >= 0.6 is 0 Å². The molecular formula is C10H10F2N4O2. The molecule has 0 bridgehead atoms. The lowest BCUT2D eigenvalue weighted by Crippen LogP contribution is -2.05. The van der Waals surface area contributed by atoms with Crippen LogP contribution in [0.25, 0.3) is 0 Å². The van der Waals surface area contributed by atoms with Gasteiger partial charge in [-0.25, -0.2) is 18.7 Å². The minimum absolute atomic E-state index is 0.158. The molecule has 18 heavy (non-hydrogen) atoms. The number of rotatable bonds is 5. The fourth-order valence-electron chi connectivity index (χ4n) is 1.25. The van der Waals surface area contributed by atoms with Crippen LogP contribution in [0.3, 0.4) is 0 Å². The van der Waals surface area contributed by atoms with Crippen molar-refractivity contribution in [3.05, 3.63) is 35.5 Å². The molecule has 0 saturated heterocycles. The first-order chi connectivity index (χ1) is 8.69. The number of hydrogen-bond donors (Lipinski definition) is 2. The minimum Gasteiger partial charge on any atom is -0.390 e. The van der Waals surface area contributed by atoms with Gasteiger partial charge in [0, 0.05) is 12.3 Å². The van der Waals surface area contributed by atoms with E-state index in [0.717, 1.165) is 6.07 Å². The molecule has 2 heterocycles. The molecule has 0 aliphatic heterocycles. The monoisotopic (exact) mass is 256 g/mol. The van der Waals surface area contributed by atoms with E-state index in [1.165, 1.54) is 6.20 Å². The third-order valence-corrected chi connectivity index (χ3v) is 2.10. The molecule has 2 aromatic heterocycles. The number of aliphatic hydroxyl groups is 1. The highest BCUT2D eigenvalue weighted by atomic mass is 19.3. The summed E-state index contributed by atoms with van der Waals surface area (Å²) in [7, 11) is 0. The third kappa shape index (κ3) is 2.98. The molecule has 8 heteroatoms. The summed E-state index contributed by atoms with van der Waals surface area (Å²) in [6.07, 6.45) is -1.20. The van der Waals surface area contributed by atoms with E-state index in [1.807, 2.05) is 0 Å². The van der Waals surface area contributed by atoms with Crippen molar-refractivity contribution in [3.8, 4) is 0 Å². The van der Waals surface area contributed by atoms with Crippen LogP contribution < -0.4 is 5.32 Å². The Morgan fingerprint density at radius 2 is 2.22 bits per heavy atom. The van der Waals surface area contributed by atoms with Gasteiger partial charge >= 0.3 is 0 Å². The predicted molar refractivity (Wildman–Crippen MR) is 56.7 cm³/mol. The van der Waals surface area contributed by atoms with Crippen LogP contribution in [-0.4, -0.2) is 20.2 Å². The molecule has 2 rings (SSSR count). The van der Waals surface area contributed by atoms with E-state index in [2.05, 4.69) is 25.0 Å². The van der Waals surface area contributed by atoms with Crippen LogP contribution in [-0.2, 0) is 13.2 Å². The Morgan fingerprint density at radius 1 is 1.39 bits per heavy atom. The maximum atomic E-state index is 12.2. The first kappa shape index (κ1) is 12.4. The standard InChI is InChI=1S/C10H10F2N4O2/c11-9(12)8-3-7(16-18-8)4-14-10-13-2-1-6(5-17)15-10/h1-3,9,17H,4-5H2,(H,13,14,15). The van der Waals surface area contributed by atoms with Gasteiger partial charge in [0.05, 0.1) is 18.8 Å². The van der Waals surface area contributed by atoms with E-state index < -0.39 is 12.2 Å². The van der Waals surface area contributed by atoms with Crippen molar-refractivity contribution in [2.24, 2.45) is 0 Å². The molecule has 0 saturated carbocycles. The Hall–Kier alpha value is -2.09. The Labute approximate surface area is 101 Å². The molecule has 0 unspecified atom stereocenters. The number of aromatic nitrogens is 3. The highest BCUT2D eigenvalue weighted by Crippen LogP contribution is 2.19. The van der Waals surface area contributed by atoms with Crippen molar-refractivity contribution in [2.45, 2.75) is 19.6 Å². The summed E-state index contributed by atoms with van der Waals surface area (Å²) >= 11 is 0. The van der Waals surface area contributed by atoms with Gasteiger partial charge in [-0.3, -0.25) is 0 Å². The lowest BCUT2D eigenvalue weighted by Gasteiger charge is -2.02. The lowest BCUT2D eigenvalue weighted by atomic mass is 10.3. The van der Waals surface area contributed by atoms with Crippen LogP contribution in [0, 0.1) is 0 Å². The highest BCUT2D eigenvalue weighted by molar-refractivity contribution is 5.26. The summed E-state index contributed by atoms with van der Waals surface area (Å²) in [4.78, 5) is 7.87. The first-order valence-corrected chi connectivity index (χ1v) is 5.09. The van der Waals surface area contributed by atoms with Crippen molar-refractivity contribution < 1.29 is 18.4 Å². The maximum Gasteiger partial charge on any atom is 0.298 e. The summed E-state index contributed by atoms with van der Waals surface area (Å²) in [6, 6.07) is 2.73. The van der Waals surface area contributed by atoms with Gasteiger partial charge in [-0.15, -0.1) is 0 Å². The Balaban J connectivity index is 1.97. The normalized spacial score (nSPS) is 10.9. The summed E-state index contributed by atoms with van der Waals surface area (Å²) in [5.74, 6) is -0.194. The first-order valence-electron chi connectivity index (χ1n) is 5.09. The van der Waals surface area contributed by atoms with Crippen LogP contribution in [0.4, 0.5) is 14.7 Å². The highest BCUT2D eigenvalue weighted by Gasteiger charge is 2.14.